The van der Waals surface area contributed by atoms with Crippen molar-refractivity contribution in [2.75, 3.05) is 32.8 Å². The van der Waals surface area contributed by atoms with Crippen molar-refractivity contribution in [3.05, 3.63) is 59.9 Å². The number of nitrogens with zero attached hydrogens (tertiary/aromatic N) is 2. The Morgan fingerprint density at radius 2 is 1.60 bits per heavy atom. The molecule has 4 amide bonds. The predicted molar refractivity (Wildman–Crippen MR) is 178 cm³/mol. The van der Waals surface area contributed by atoms with Crippen LogP contribution in [0.3, 0.4) is 0 Å². The Labute approximate surface area is 282 Å². The molecule has 3 N–H and O–H groups in total. The molecule has 4 rings (SSSR count). The van der Waals surface area contributed by atoms with Gasteiger partial charge in [0.1, 0.15) is 30.1 Å². The highest BCUT2D eigenvalue weighted by molar-refractivity contribution is 5.93. The van der Waals surface area contributed by atoms with E-state index in [1.54, 1.807) is 56.0 Å². The van der Waals surface area contributed by atoms with E-state index in [4.69, 9.17) is 9.47 Å². The molecule has 2 aromatic rings. The smallest absolute Gasteiger partial charge is 0.410 e. The van der Waals surface area contributed by atoms with Gasteiger partial charge in [-0.3, -0.25) is 14.4 Å². The summed E-state index contributed by atoms with van der Waals surface area (Å²) in [6, 6.07) is 11.4. The molecule has 12 heteroatoms. The summed E-state index contributed by atoms with van der Waals surface area (Å²) in [7, 11) is 0. The summed E-state index contributed by atoms with van der Waals surface area (Å²) >= 11 is 0. The van der Waals surface area contributed by atoms with E-state index in [0.29, 0.717) is 24.2 Å². The Morgan fingerprint density at radius 1 is 0.958 bits per heavy atom. The lowest BCUT2D eigenvalue weighted by Crippen LogP contribution is -2.58. The summed E-state index contributed by atoms with van der Waals surface area (Å²) in [5.41, 5.74) is 0.689. The molecule has 2 saturated heterocycles. The van der Waals surface area contributed by atoms with Gasteiger partial charge in [0.05, 0.1) is 18.8 Å². The monoisotopic (exact) mass is 668 g/mol. The molecule has 0 aliphatic carbocycles. The average Bonchev–Trinajstić information content (AvgIpc) is 3.37. The number of nitrogens with one attached hydrogen (secondary N) is 2. The van der Waals surface area contributed by atoms with Gasteiger partial charge in [0, 0.05) is 37.5 Å². The molecular formula is C36H49FN4O7. The molecule has 48 heavy (non-hydrogen) atoms. The first-order valence-corrected chi connectivity index (χ1v) is 16.4. The van der Waals surface area contributed by atoms with Crippen LogP contribution in [0.5, 0.6) is 0 Å². The number of aliphatic hydroxyl groups excluding tert-OH is 1. The van der Waals surface area contributed by atoms with Crippen LogP contribution in [0.2, 0.25) is 0 Å². The molecule has 4 atom stereocenters. The highest BCUT2D eigenvalue weighted by atomic mass is 19.1. The molecule has 0 aromatic heterocycles. The van der Waals surface area contributed by atoms with Gasteiger partial charge < -0.3 is 35.0 Å². The summed E-state index contributed by atoms with van der Waals surface area (Å²) in [6.45, 7) is 13.5. The Morgan fingerprint density at radius 3 is 2.21 bits per heavy atom. The van der Waals surface area contributed by atoms with Crippen molar-refractivity contribution >= 4 is 23.8 Å². The summed E-state index contributed by atoms with van der Waals surface area (Å²) in [5.74, 6) is -1.63. The molecule has 2 fully saturated rings. The minimum Gasteiger partial charge on any atom is -0.444 e. The lowest BCUT2D eigenvalue weighted by molar-refractivity contribution is -0.145. The number of hydrogen-bond acceptors (Lipinski definition) is 7. The van der Waals surface area contributed by atoms with Crippen LogP contribution in [-0.4, -0.2) is 95.4 Å². The van der Waals surface area contributed by atoms with Gasteiger partial charge in [0.25, 0.3) is 0 Å². The second kappa shape index (κ2) is 15.0. The van der Waals surface area contributed by atoms with Crippen LogP contribution in [0.25, 0.3) is 11.1 Å². The van der Waals surface area contributed by atoms with E-state index in [0.717, 1.165) is 5.56 Å². The number of hydrogen-bond donors (Lipinski definition) is 3. The summed E-state index contributed by atoms with van der Waals surface area (Å²) in [6.07, 6.45) is -1.22. The van der Waals surface area contributed by atoms with Crippen LogP contribution in [-0.2, 0) is 23.9 Å². The summed E-state index contributed by atoms with van der Waals surface area (Å²) < 4.78 is 25.2. The van der Waals surface area contributed by atoms with Gasteiger partial charge in [-0.05, 0) is 50.3 Å². The van der Waals surface area contributed by atoms with Crippen molar-refractivity contribution in [1.82, 2.24) is 20.4 Å². The third-order valence-corrected chi connectivity index (χ3v) is 8.43. The maximum Gasteiger partial charge on any atom is 0.410 e. The largest absolute Gasteiger partial charge is 0.444 e. The van der Waals surface area contributed by atoms with E-state index in [1.807, 2.05) is 39.8 Å². The normalized spacial score (nSPS) is 19.7. The van der Waals surface area contributed by atoms with Gasteiger partial charge in [-0.25, -0.2) is 9.18 Å². The van der Waals surface area contributed by atoms with Gasteiger partial charge in [-0.2, -0.15) is 0 Å². The van der Waals surface area contributed by atoms with Gasteiger partial charge >= 0.3 is 6.09 Å². The minimum absolute atomic E-state index is 0.0442. The van der Waals surface area contributed by atoms with Crippen molar-refractivity contribution in [3.63, 3.8) is 0 Å². The fraction of sp³-hybridized carbons (Fsp3) is 0.556. The van der Waals surface area contributed by atoms with Gasteiger partial charge in [0.2, 0.25) is 17.7 Å². The lowest BCUT2D eigenvalue weighted by Gasteiger charge is -2.39. The molecule has 262 valence electrons. The Bertz CT molecular complexity index is 1460. The third kappa shape index (κ3) is 9.53. The summed E-state index contributed by atoms with van der Waals surface area (Å²) in [4.78, 5) is 55.3. The number of benzene rings is 2. The van der Waals surface area contributed by atoms with Crippen LogP contribution >= 0.6 is 0 Å². The van der Waals surface area contributed by atoms with Crippen LogP contribution in [0, 0.1) is 17.2 Å². The first-order chi connectivity index (χ1) is 22.4. The standard InChI is InChI=1S/C36H49FN4O7/c1-22(24-12-14-25(15-13-24)27-10-8-9-11-28(27)37)38-32(44)29-16-26(42)19-41(29)33(45)31(35(2,3)4)39-30(43)21-47-20-23-17-40(18-23)34(46)48-36(5,6)7/h8-15,22-23,26,29,31,42H,16-21H2,1-7H3,(H,38,44)(H,39,43)/t22-,26+,29-,31+/m0/s1. The number of amides is 4. The zero-order valence-electron chi connectivity index (χ0n) is 28.9. The molecular weight excluding hydrogens is 619 g/mol. The zero-order chi connectivity index (χ0) is 35.4. The molecule has 0 radical (unpaired) electrons. The molecule has 2 aromatic carbocycles. The van der Waals surface area contributed by atoms with Crippen molar-refractivity contribution in [2.45, 2.75) is 84.7 Å². The molecule has 0 spiro atoms. The van der Waals surface area contributed by atoms with Gasteiger partial charge in [-0.1, -0.05) is 63.2 Å². The van der Waals surface area contributed by atoms with E-state index in [2.05, 4.69) is 10.6 Å². The highest BCUT2D eigenvalue weighted by Gasteiger charge is 2.45. The van der Waals surface area contributed by atoms with Crippen molar-refractivity contribution in [1.29, 1.82) is 0 Å². The predicted octanol–water partition coefficient (Wildman–Crippen LogP) is 4.05. The molecule has 0 saturated carbocycles. The number of carbonyl (C=O) groups is 4. The molecule has 2 aliphatic heterocycles. The van der Waals surface area contributed by atoms with Crippen LogP contribution < -0.4 is 10.6 Å². The van der Waals surface area contributed by atoms with E-state index in [-0.39, 0.29) is 44.0 Å². The third-order valence-electron chi connectivity index (χ3n) is 8.43. The number of β-amino-alcohol motifs (C(OH)–C–C–N with tert-alkyl or cyclic N) is 1. The minimum atomic E-state index is -0.982. The van der Waals surface area contributed by atoms with E-state index < -0.39 is 53.0 Å². The first-order valence-electron chi connectivity index (χ1n) is 16.4. The second-order valence-corrected chi connectivity index (χ2v) is 14.9. The number of carbonyl (C=O) groups excluding carboxylic acids is 4. The number of ether oxygens (including phenoxy) is 2. The SMILES string of the molecule is C[C@H](NC(=O)[C@@H]1C[C@@H](O)CN1C(=O)[C@@H](NC(=O)COCC1CN(C(=O)OC(C)(C)C)C1)C(C)(C)C)c1ccc(-c2ccccc2F)cc1. The molecule has 0 bridgehead atoms. The molecule has 11 nitrogen and oxygen atoms in total. The Hall–Kier alpha value is -4.03. The van der Waals surface area contributed by atoms with E-state index in [9.17, 15) is 28.7 Å². The quantitative estimate of drug-likeness (QED) is 0.348. The fourth-order valence-corrected chi connectivity index (χ4v) is 5.83. The van der Waals surface area contributed by atoms with Crippen molar-refractivity contribution in [2.24, 2.45) is 11.3 Å². The molecule has 2 heterocycles. The highest BCUT2D eigenvalue weighted by Crippen LogP contribution is 2.28. The average molecular weight is 669 g/mol. The number of likely N-dealkylation sites (tertiary alicyclic amines) is 2. The van der Waals surface area contributed by atoms with Crippen LogP contribution in [0.4, 0.5) is 9.18 Å². The van der Waals surface area contributed by atoms with Gasteiger partial charge in [0.15, 0.2) is 0 Å². The van der Waals surface area contributed by atoms with Crippen LogP contribution in [0.1, 0.15) is 66.5 Å². The maximum atomic E-state index is 14.2. The maximum absolute atomic E-state index is 14.2. The number of rotatable bonds is 10. The van der Waals surface area contributed by atoms with E-state index in [1.165, 1.54) is 11.0 Å². The van der Waals surface area contributed by atoms with E-state index >= 15 is 0 Å². The zero-order valence-corrected chi connectivity index (χ0v) is 28.9. The Kier molecular flexibility index (Phi) is 11.5. The molecule has 2 aliphatic rings. The fourth-order valence-electron chi connectivity index (χ4n) is 5.83. The number of halogens is 1. The first kappa shape index (κ1) is 36.8. The summed E-state index contributed by atoms with van der Waals surface area (Å²) in [5, 5.41) is 16.2. The topological polar surface area (TPSA) is 138 Å². The van der Waals surface area contributed by atoms with Crippen molar-refractivity contribution < 1.29 is 38.1 Å². The lowest BCUT2D eigenvalue weighted by atomic mass is 9.85. The van der Waals surface area contributed by atoms with Gasteiger partial charge in [-0.15, -0.1) is 0 Å². The second-order valence-electron chi connectivity index (χ2n) is 14.9. The molecule has 0 unspecified atom stereocenters. The van der Waals surface area contributed by atoms with Crippen molar-refractivity contribution in [3.8, 4) is 11.1 Å². The Balaban J connectivity index is 1.31. The van der Waals surface area contributed by atoms with Crippen LogP contribution in [0.15, 0.2) is 48.5 Å². The number of aliphatic hydroxyl groups is 1.